The topological polar surface area (TPSA) is 34.1 Å². The molecule has 0 amide bonds. The van der Waals surface area contributed by atoms with Gasteiger partial charge in [0.15, 0.2) is 5.13 Å². The van der Waals surface area contributed by atoms with Crippen LogP contribution in [0.1, 0.15) is 13.3 Å². The number of hydrogen-bond donors (Lipinski definition) is 1. The van der Waals surface area contributed by atoms with E-state index in [1.165, 1.54) is 4.70 Å². The fourth-order valence-electron chi connectivity index (χ4n) is 2.04. The summed E-state index contributed by atoms with van der Waals surface area (Å²) < 4.78 is 7.84. The van der Waals surface area contributed by atoms with E-state index in [0.29, 0.717) is 6.04 Å². The van der Waals surface area contributed by atoms with Crippen LogP contribution in [0.25, 0.3) is 10.2 Å². The zero-order valence-corrected chi connectivity index (χ0v) is 11.8. The van der Waals surface area contributed by atoms with Crippen molar-refractivity contribution in [3.05, 3.63) is 22.7 Å². The minimum atomic E-state index is 0.272. The van der Waals surface area contributed by atoms with E-state index < -0.39 is 0 Å². The maximum Gasteiger partial charge on any atom is 0.184 e. The zero-order valence-electron chi connectivity index (χ0n) is 9.44. The molecule has 0 radical (unpaired) electrons. The summed E-state index contributed by atoms with van der Waals surface area (Å²) in [6.45, 7) is 2.95. The molecule has 1 aromatic carbocycles. The Labute approximate surface area is 112 Å². The molecular weight excluding hydrogens is 300 g/mol. The Morgan fingerprint density at radius 1 is 1.53 bits per heavy atom. The van der Waals surface area contributed by atoms with Crippen LogP contribution >= 0.6 is 27.3 Å². The lowest BCUT2D eigenvalue weighted by Gasteiger charge is -2.14. The fraction of sp³-hybridized carbons (Fsp3) is 0.417. The minimum Gasteiger partial charge on any atom is -0.376 e. The molecule has 1 aromatic heterocycles. The molecule has 1 aliphatic heterocycles. The lowest BCUT2D eigenvalue weighted by Crippen LogP contribution is -2.26. The number of anilines is 1. The summed E-state index contributed by atoms with van der Waals surface area (Å²) >= 11 is 5.17. The first-order valence-electron chi connectivity index (χ1n) is 5.66. The summed E-state index contributed by atoms with van der Waals surface area (Å²) in [5.41, 5.74) is 1.05. The largest absolute Gasteiger partial charge is 0.376 e. The second-order valence-corrected chi connectivity index (χ2v) is 6.19. The van der Waals surface area contributed by atoms with E-state index in [1.807, 2.05) is 12.1 Å². The molecule has 0 spiro atoms. The predicted octanol–water partition coefficient (Wildman–Crippen LogP) is 3.65. The first kappa shape index (κ1) is 11.4. The number of ether oxygens (including phenoxy) is 1. The maximum atomic E-state index is 5.54. The molecular formula is C12H13BrN2OS. The molecule has 2 aromatic rings. The van der Waals surface area contributed by atoms with Crippen molar-refractivity contribution in [2.45, 2.75) is 25.5 Å². The lowest BCUT2D eigenvalue weighted by molar-refractivity contribution is 0.121. The third-order valence-corrected chi connectivity index (χ3v) is 4.48. The van der Waals surface area contributed by atoms with E-state index in [-0.39, 0.29) is 6.10 Å². The van der Waals surface area contributed by atoms with E-state index in [2.05, 4.69) is 39.2 Å². The second-order valence-electron chi connectivity index (χ2n) is 4.25. The highest BCUT2D eigenvalue weighted by Crippen LogP contribution is 2.30. The van der Waals surface area contributed by atoms with Crippen LogP contribution in [0.3, 0.4) is 0 Å². The number of nitrogens with zero attached hydrogens (tertiary/aromatic N) is 1. The summed E-state index contributed by atoms with van der Waals surface area (Å²) in [7, 11) is 0. The van der Waals surface area contributed by atoms with Gasteiger partial charge in [-0.3, -0.25) is 0 Å². The van der Waals surface area contributed by atoms with Gasteiger partial charge in [0.25, 0.3) is 0 Å². The molecule has 0 bridgehead atoms. The van der Waals surface area contributed by atoms with Crippen molar-refractivity contribution in [2.75, 3.05) is 11.9 Å². The Bertz CT molecular complexity index is 542. The third-order valence-electron chi connectivity index (χ3n) is 3.04. The van der Waals surface area contributed by atoms with Gasteiger partial charge in [-0.1, -0.05) is 27.3 Å². The van der Waals surface area contributed by atoms with Crippen LogP contribution in [0.2, 0.25) is 0 Å². The molecule has 2 unspecified atom stereocenters. The highest BCUT2D eigenvalue weighted by molar-refractivity contribution is 9.10. The van der Waals surface area contributed by atoms with Crippen molar-refractivity contribution in [3.8, 4) is 0 Å². The quantitative estimate of drug-likeness (QED) is 0.919. The van der Waals surface area contributed by atoms with Gasteiger partial charge in [0, 0.05) is 11.1 Å². The molecule has 1 aliphatic rings. The average Bonchev–Trinajstić information content (AvgIpc) is 2.85. The summed E-state index contributed by atoms with van der Waals surface area (Å²) in [6.07, 6.45) is 1.33. The van der Waals surface area contributed by atoms with Crippen LogP contribution in [-0.2, 0) is 4.74 Å². The predicted molar refractivity (Wildman–Crippen MR) is 74.8 cm³/mol. The maximum absolute atomic E-state index is 5.54. The Hall–Kier alpha value is -0.650. The number of aromatic nitrogens is 1. The van der Waals surface area contributed by atoms with Gasteiger partial charge in [0.05, 0.1) is 22.4 Å². The van der Waals surface area contributed by atoms with Gasteiger partial charge in [0.1, 0.15) is 0 Å². The van der Waals surface area contributed by atoms with Crippen LogP contribution < -0.4 is 5.32 Å². The molecule has 3 nitrogen and oxygen atoms in total. The minimum absolute atomic E-state index is 0.272. The number of benzene rings is 1. The number of halogens is 1. The van der Waals surface area contributed by atoms with E-state index in [0.717, 1.165) is 28.1 Å². The van der Waals surface area contributed by atoms with Crippen LogP contribution in [0.5, 0.6) is 0 Å². The van der Waals surface area contributed by atoms with E-state index in [9.17, 15) is 0 Å². The Morgan fingerprint density at radius 2 is 2.41 bits per heavy atom. The molecule has 17 heavy (non-hydrogen) atoms. The second kappa shape index (κ2) is 4.55. The third kappa shape index (κ3) is 2.32. The van der Waals surface area contributed by atoms with Crippen molar-refractivity contribution in [2.24, 2.45) is 0 Å². The normalized spacial score (nSPS) is 24.4. The Kier molecular flexibility index (Phi) is 3.06. The molecule has 3 rings (SSSR count). The van der Waals surface area contributed by atoms with Crippen LogP contribution in [0, 0.1) is 0 Å². The fourth-order valence-corrected chi connectivity index (χ4v) is 3.52. The van der Waals surface area contributed by atoms with Gasteiger partial charge >= 0.3 is 0 Å². The van der Waals surface area contributed by atoms with Gasteiger partial charge in [-0.25, -0.2) is 4.98 Å². The summed E-state index contributed by atoms with van der Waals surface area (Å²) in [6, 6.07) is 6.55. The van der Waals surface area contributed by atoms with Gasteiger partial charge < -0.3 is 10.1 Å². The van der Waals surface area contributed by atoms with E-state index in [4.69, 9.17) is 4.74 Å². The molecule has 5 heteroatoms. The highest BCUT2D eigenvalue weighted by Gasteiger charge is 2.24. The Balaban J connectivity index is 1.85. The first-order valence-corrected chi connectivity index (χ1v) is 7.27. The molecule has 0 aliphatic carbocycles. The van der Waals surface area contributed by atoms with Gasteiger partial charge in [-0.15, -0.1) is 0 Å². The first-order chi connectivity index (χ1) is 8.22. The molecule has 2 atom stereocenters. The molecule has 0 saturated carbocycles. The van der Waals surface area contributed by atoms with E-state index in [1.54, 1.807) is 11.3 Å². The summed E-state index contributed by atoms with van der Waals surface area (Å²) in [4.78, 5) is 4.58. The van der Waals surface area contributed by atoms with Crippen molar-refractivity contribution >= 4 is 42.6 Å². The lowest BCUT2D eigenvalue weighted by atomic mass is 10.2. The van der Waals surface area contributed by atoms with Gasteiger partial charge in [-0.05, 0) is 31.5 Å². The van der Waals surface area contributed by atoms with Crippen molar-refractivity contribution in [1.29, 1.82) is 0 Å². The monoisotopic (exact) mass is 312 g/mol. The van der Waals surface area contributed by atoms with Crippen LogP contribution in [0.15, 0.2) is 22.7 Å². The van der Waals surface area contributed by atoms with Crippen LogP contribution in [0.4, 0.5) is 5.13 Å². The van der Waals surface area contributed by atoms with Gasteiger partial charge in [-0.2, -0.15) is 0 Å². The van der Waals surface area contributed by atoms with Crippen molar-refractivity contribution < 1.29 is 4.74 Å². The number of fused-ring (bicyclic) bond motifs is 1. The number of rotatable bonds is 2. The molecule has 1 fully saturated rings. The molecule has 90 valence electrons. The molecule has 1 N–H and O–H groups in total. The Morgan fingerprint density at radius 3 is 3.18 bits per heavy atom. The number of thiazole rings is 1. The SMILES string of the molecule is CC1OCCC1Nc1nc2ccc(Br)cc2s1. The summed E-state index contributed by atoms with van der Waals surface area (Å²) in [5, 5.41) is 4.45. The highest BCUT2D eigenvalue weighted by atomic mass is 79.9. The van der Waals surface area contributed by atoms with E-state index >= 15 is 0 Å². The number of nitrogens with one attached hydrogen (secondary N) is 1. The average molecular weight is 313 g/mol. The summed E-state index contributed by atoms with van der Waals surface area (Å²) in [5.74, 6) is 0. The smallest absolute Gasteiger partial charge is 0.184 e. The van der Waals surface area contributed by atoms with Gasteiger partial charge in [0.2, 0.25) is 0 Å². The zero-order chi connectivity index (χ0) is 11.8. The van der Waals surface area contributed by atoms with Crippen LogP contribution in [-0.4, -0.2) is 23.7 Å². The standard InChI is InChI=1S/C12H13BrN2OS/c1-7-9(4-5-16-7)14-12-15-10-3-2-8(13)6-11(10)17-12/h2-3,6-7,9H,4-5H2,1H3,(H,14,15). The number of hydrogen-bond acceptors (Lipinski definition) is 4. The molecule has 2 heterocycles. The van der Waals surface area contributed by atoms with Crippen molar-refractivity contribution in [3.63, 3.8) is 0 Å². The van der Waals surface area contributed by atoms with Crippen molar-refractivity contribution in [1.82, 2.24) is 4.98 Å². The molecule has 1 saturated heterocycles.